The molecule has 2 N–H and O–H groups in total. The number of amides is 1. The number of rotatable bonds is 5. The van der Waals surface area contributed by atoms with E-state index in [-0.39, 0.29) is 10.6 Å². The third kappa shape index (κ3) is 3.24. The summed E-state index contributed by atoms with van der Waals surface area (Å²) in [6, 6.07) is 9.30. The molecular formula is C16H17N5O4S. The Hall–Kier alpha value is -2.98. The van der Waals surface area contributed by atoms with E-state index in [9.17, 15) is 13.2 Å². The van der Waals surface area contributed by atoms with Crippen molar-refractivity contribution in [1.82, 2.24) is 19.7 Å². The quantitative estimate of drug-likeness (QED) is 0.697. The van der Waals surface area contributed by atoms with E-state index in [0.717, 1.165) is 4.31 Å². The van der Waals surface area contributed by atoms with Gasteiger partial charge in [-0.05, 0) is 36.4 Å². The van der Waals surface area contributed by atoms with E-state index < -0.39 is 15.9 Å². The van der Waals surface area contributed by atoms with Gasteiger partial charge in [-0.3, -0.25) is 4.79 Å². The zero-order chi connectivity index (χ0) is 18.9. The van der Waals surface area contributed by atoms with Crippen LogP contribution in [-0.2, 0) is 10.0 Å². The zero-order valence-electron chi connectivity index (χ0n) is 14.3. The van der Waals surface area contributed by atoms with E-state index in [2.05, 4.69) is 20.7 Å². The van der Waals surface area contributed by atoms with E-state index in [1.54, 1.807) is 24.3 Å². The first-order chi connectivity index (χ1) is 12.3. The van der Waals surface area contributed by atoms with Crippen molar-refractivity contribution in [2.24, 2.45) is 0 Å². The number of carbonyl (C=O) groups is 1. The molecule has 0 fully saturated rings. The van der Waals surface area contributed by atoms with Crippen LogP contribution in [0.1, 0.15) is 10.4 Å². The van der Waals surface area contributed by atoms with Crippen molar-refractivity contribution >= 4 is 32.7 Å². The highest BCUT2D eigenvalue weighted by Crippen LogP contribution is 2.29. The normalized spacial score (nSPS) is 11.7. The summed E-state index contributed by atoms with van der Waals surface area (Å²) in [7, 11) is 0.503. The first-order valence-electron chi connectivity index (χ1n) is 7.55. The van der Waals surface area contributed by atoms with Crippen LogP contribution in [0.3, 0.4) is 0 Å². The molecule has 1 aromatic heterocycles. The highest BCUT2D eigenvalue weighted by molar-refractivity contribution is 7.89. The molecule has 0 aliphatic heterocycles. The number of anilines is 1. The molecule has 9 nitrogen and oxygen atoms in total. The smallest absolute Gasteiger partial charge is 0.255 e. The second-order valence-corrected chi connectivity index (χ2v) is 7.75. The summed E-state index contributed by atoms with van der Waals surface area (Å²) in [5, 5.41) is 13.0. The van der Waals surface area contributed by atoms with Crippen LogP contribution in [0.25, 0.3) is 11.0 Å². The second kappa shape index (κ2) is 6.73. The van der Waals surface area contributed by atoms with E-state index in [4.69, 9.17) is 4.74 Å². The summed E-state index contributed by atoms with van der Waals surface area (Å²) in [4.78, 5) is 12.4. The largest absolute Gasteiger partial charge is 0.495 e. The van der Waals surface area contributed by atoms with Gasteiger partial charge in [-0.1, -0.05) is 0 Å². The van der Waals surface area contributed by atoms with Crippen molar-refractivity contribution in [3.8, 4) is 5.75 Å². The maximum absolute atomic E-state index is 12.5. The van der Waals surface area contributed by atoms with E-state index in [1.807, 2.05) is 0 Å². The molecule has 0 spiro atoms. The van der Waals surface area contributed by atoms with Crippen LogP contribution in [-0.4, -0.2) is 55.2 Å². The number of aromatic amines is 1. The molecular weight excluding hydrogens is 358 g/mol. The monoisotopic (exact) mass is 375 g/mol. The molecule has 0 atom stereocenters. The second-order valence-electron chi connectivity index (χ2n) is 5.63. The van der Waals surface area contributed by atoms with E-state index in [0.29, 0.717) is 22.3 Å². The van der Waals surface area contributed by atoms with Crippen molar-refractivity contribution in [2.45, 2.75) is 4.90 Å². The van der Waals surface area contributed by atoms with Crippen molar-refractivity contribution in [3.05, 3.63) is 42.0 Å². The Kier molecular flexibility index (Phi) is 4.62. The van der Waals surface area contributed by atoms with Gasteiger partial charge in [-0.25, -0.2) is 12.7 Å². The van der Waals surface area contributed by atoms with E-state index >= 15 is 0 Å². The molecule has 0 radical (unpaired) electrons. The average Bonchev–Trinajstić information content (AvgIpc) is 3.09. The van der Waals surface area contributed by atoms with Gasteiger partial charge >= 0.3 is 0 Å². The van der Waals surface area contributed by atoms with Gasteiger partial charge in [0, 0.05) is 25.3 Å². The maximum atomic E-state index is 12.5. The lowest BCUT2D eigenvalue weighted by molar-refractivity contribution is 0.102. The predicted molar refractivity (Wildman–Crippen MR) is 95.7 cm³/mol. The number of fused-ring (bicyclic) bond motifs is 1. The third-order valence-electron chi connectivity index (χ3n) is 3.76. The molecule has 26 heavy (non-hydrogen) atoms. The first-order valence-corrected chi connectivity index (χ1v) is 8.99. The minimum atomic E-state index is -3.73. The van der Waals surface area contributed by atoms with Crippen molar-refractivity contribution < 1.29 is 17.9 Å². The van der Waals surface area contributed by atoms with Crippen LogP contribution in [0.4, 0.5) is 5.69 Å². The van der Waals surface area contributed by atoms with Gasteiger partial charge in [0.1, 0.15) is 21.7 Å². The molecule has 0 saturated heterocycles. The Morgan fingerprint density at radius 3 is 2.54 bits per heavy atom. The topological polar surface area (TPSA) is 117 Å². The van der Waals surface area contributed by atoms with Crippen LogP contribution in [0.15, 0.2) is 41.3 Å². The van der Waals surface area contributed by atoms with E-state index in [1.165, 1.54) is 33.3 Å². The molecule has 136 valence electrons. The fourth-order valence-corrected chi connectivity index (χ4v) is 3.41. The molecule has 1 amide bonds. The molecule has 0 unspecified atom stereocenters. The summed E-state index contributed by atoms with van der Waals surface area (Å²) in [6.07, 6.45) is 0. The molecule has 2 aromatic carbocycles. The van der Waals surface area contributed by atoms with Gasteiger partial charge in [0.25, 0.3) is 5.91 Å². The summed E-state index contributed by atoms with van der Waals surface area (Å²) in [5.74, 6) is -0.200. The van der Waals surface area contributed by atoms with Gasteiger partial charge in [-0.15, -0.1) is 0 Å². The Balaban J connectivity index is 1.93. The predicted octanol–water partition coefficient (Wildman–Crippen LogP) is 1.47. The molecule has 0 aliphatic carbocycles. The fourth-order valence-electron chi connectivity index (χ4n) is 2.34. The highest BCUT2D eigenvalue weighted by atomic mass is 32.2. The Morgan fingerprint density at radius 2 is 1.85 bits per heavy atom. The number of sulfonamides is 1. The number of carbonyl (C=O) groups excluding carboxylic acids is 1. The van der Waals surface area contributed by atoms with Crippen LogP contribution in [0.5, 0.6) is 5.75 Å². The van der Waals surface area contributed by atoms with Crippen molar-refractivity contribution in [3.63, 3.8) is 0 Å². The third-order valence-corrected chi connectivity index (χ3v) is 5.59. The van der Waals surface area contributed by atoms with Crippen LogP contribution < -0.4 is 10.1 Å². The van der Waals surface area contributed by atoms with Crippen molar-refractivity contribution in [2.75, 3.05) is 26.5 Å². The summed E-state index contributed by atoms with van der Waals surface area (Å²) in [6.45, 7) is 0. The summed E-state index contributed by atoms with van der Waals surface area (Å²) >= 11 is 0. The number of nitrogens with zero attached hydrogens (tertiary/aromatic N) is 3. The SMILES string of the molecule is COc1ccc(NC(=O)c2ccc3n[nH]nc3c2)cc1S(=O)(=O)N(C)C. The minimum Gasteiger partial charge on any atom is -0.495 e. The van der Waals surface area contributed by atoms with Gasteiger partial charge in [0.05, 0.1) is 7.11 Å². The molecule has 3 rings (SSSR count). The average molecular weight is 375 g/mol. The Morgan fingerprint density at radius 1 is 1.12 bits per heavy atom. The Bertz CT molecular complexity index is 1080. The number of aromatic nitrogens is 3. The molecule has 0 aliphatic rings. The van der Waals surface area contributed by atoms with Crippen molar-refractivity contribution in [1.29, 1.82) is 0 Å². The van der Waals surface area contributed by atoms with Gasteiger partial charge < -0.3 is 10.1 Å². The molecule has 3 aromatic rings. The van der Waals surface area contributed by atoms with Crippen LogP contribution >= 0.6 is 0 Å². The summed E-state index contributed by atoms with van der Waals surface area (Å²) in [5.41, 5.74) is 1.91. The fraction of sp³-hybridized carbons (Fsp3) is 0.188. The molecule has 0 bridgehead atoms. The number of hydrogen-bond acceptors (Lipinski definition) is 6. The van der Waals surface area contributed by atoms with Crippen LogP contribution in [0.2, 0.25) is 0 Å². The number of ether oxygens (including phenoxy) is 1. The number of nitrogens with one attached hydrogen (secondary N) is 2. The number of H-pyrrole nitrogens is 1. The van der Waals surface area contributed by atoms with Crippen LogP contribution in [0, 0.1) is 0 Å². The number of benzene rings is 2. The molecule has 1 heterocycles. The molecule has 10 heteroatoms. The first kappa shape index (κ1) is 17.8. The number of methoxy groups -OCH3 is 1. The maximum Gasteiger partial charge on any atom is 0.255 e. The highest BCUT2D eigenvalue weighted by Gasteiger charge is 2.23. The zero-order valence-corrected chi connectivity index (χ0v) is 15.2. The standard InChI is InChI=1S/C16H17N5O4S/c1-21(2)26(23,24)15-9-11(5-7-14(15)25-3)17-16(22)10-4-6-12-13(8-10)19-20-18-12/h4-9H,1-3H3,(H,17,22)(H,18,19,20). The molecule has 0 saturated carbocycles. The summed E-state index contributed by atoms with van der Waals surface area (Å²) < 4.78 is 31.1. The Labute approximate surface area is 150 Å². The van der Waals surface area contributed by atoms with Gasteiger partial charge in [0.2, 0.25) is 10.0 Å². The van der Waals surface area contributed by atoms with Gasteiger partial charge in [0.15, 0.2) is 0 Å². The lowest BCUT2D eigenvalue weighted by atomic mass is 10.2. The lowest BCUT2D eigenvalue weighted by Crippen LogP contribution is -2.23. The number of hydrogen-bond donors (Lipinski definition) is 2. The minimum absolute atomic E-state index is 0.0326. The lowest BCUT2D eigenvalue weighted by Gasteiger charge is -2.16. The van der Waals surface area contributed by atoms with Gasteiger partial charge in [-0.2, -0.15) is 15.4 Å².